The van der Waals surface area contributed by atoms with Crippen molar-refractivity contribution in [3.05, 3.63) is 34.4 Å². The maximum atomic E-state index is 12.3. The summed E-state index contributed by atoms with van der Waals surface area (Å²) in [7, 11) is 0. The summed E-state index contributed by atoms with van der Waals surface area (Å²) in [5, 5.41) is 10.9. The number of carbonyl (C=O) groups excluding carboxylic acids is 1. The number of piperidine rings is 2. The molecular weight excluding hydrogens is 396 g/mol. The van der Waals surface area contributed by atoms with E-state index in [1.807, 2.05) is 37.8 Å². The third-order valence-electron chi connectivity index (χ3n) is 6.71. The molecule has 4 rings (SSSR count). The first-order valence-corrected chi connectivity index (χ1v) is 11.4. The van der Waals surface area contributed by atoms with Gasteiger partial charge in [-0.05, 0) is 64.0 Å². The van der Waals surface area contributed by atoms with Crippen molar-refractivity contribution in [3.8, 4) is 0 Å². The second-order valence-corrected chi connectivity index (χ2v) is 10.3. The van der Waals surface area contributed by atoms with E-state index in [0.717, 1.165) is 57.8 Å². The Bertz CT molecular complexity index is 799. The molecule has 3 heterocycles. The summed E-state index contributed by atoms with van der Waals surface area (Å²) in [6.07, 6.45) is 3.10. The van der Waals surface area contributed by atoms with Gasteiger partial charge in [0.25, 0.3) is 5.69 Å². The minimum absolute atomic E-state index is 0.142. The Morgan fingerprint density at radius 2 is 1.81 bits per heavy atom. The van der Waals surface area contributed by atoms with E-state index in [-0.39, 0.29) is 16.7 Å². The molecule has 0 N–H and O–H groups in total. The van der Waals surface area contributed by atoms with Crippen molar-refractivity contribution in [3.63, 3.8) is 0 Å². The molecule has 2 bridgehead atoms. The Hall–Kier alpha value is -2.35. The third-order valence-corrected chi connectivity index (χ3v) is 6.71. The lowest BCUT2D eigenvalue weighted by Crippen LogP contribution is -2.46. The number of nitrogens with zero attached hydrogens (tertiary/aromatic N) is 4. The van der Waals surface area contributed by atoms with Gasteiger partial charge in [-0.1, -0.05) is 0 Å². The molecule has 8 heteroatoms. The second-order valence-electron chi connectivity index (χ2n) is 10.3. The summed E-state index contributed by atoms with van der Waals surface area (Å²) in [5.41, 5.74) is 0.771. The van der Waals surface area contributed by atoms with Gasteiger partial charge in [0, 0.05) is 63.1 Å². The molecule has 31 heavy (non-hydrogen) atoms. The number of non-ortho nitro benzene ring substituents is 1. The van der Waals surface area contributed by atoms with Crippen LogP contribution in [-0.4, -0.2) is 71.7 Å². The quantitative estimate of drug-likeness (QED) is 0.535. The number of anilines is 1. The molecule has 0 radical (unpaired) electrons. The molecule has 8 nitrogen and oxygen atoms in total. The normalized spacial score (nSPS) is 25.0. The summed E-state index contributed by atoms with van der Waals surface area (Å²) in [5.74, 6) is 1.27. The summed E-state index contributed by atoms with van der Waals surface area (Å²) in [6, 6.07) is 7.49. The Kier molecular flexibility index (Phi) is 6.10. The Morgan fingerprint density at radius 1 is 1.13 bits per heavy atom. The molecule has 2 atom stereocenters. The van der Waals surface area contributed by atoms with Crippen LogP contribution in [0.2, 0.25) is 0 Å². The van der Waals surface area contributed by atoms with Crippen LogP contribution in [-0.2, 0) is 4.74 Å². The highest BCUT2D eigenvalue weighted by molar-refractivity contribution is 5.68. The number of fused-ring (bicyclic) bond motifs is 2. The predicted octanol–water partition coefficient (Wildman–Crippen LogP) is 3.75. The van der Waals surface area contributed by atoms with Gasteiger partial charge in [0.1, 0.15) is 5.60 Å². The van der Waals surface area contributed by atoms with Gasteiger partial charge in [-0.3, -0.25) is 15.0 Å². The van der Waals surface area contributed by atoms with Crippen molar-refractivity contribution in [2.75, 3.05) is 44.2 Å². The van der Waals surface area contributed by atoms with Gasteiger partial charge in [0.05, 0.1) is 4.92 Å². The zero-order valence-electron chi connectivity index (χ0n) is 18.8. The van der Waals surface area contributed by atoms with Crippen molar-refractivity contribution < 1.29 is 14.5 Å². The smallest absolute Gasteiger partial charge is 0.410 e. The van der Waals surface area contributed by atoms with Crippen LogP contribution in [0.5, 0.6) is 0 Å². The highest BCUT2D eigenvalue weighted by Gasteiger charge is 2.40. The summed E-state index contributed by atoms with van der Waals surface area (Å²) in [6.45, 7) is 11.5. The van der Waals surface area contributed by atoms with E-state index in [2.05, 4.69) is 9.80 Å². The Morgan fingerprint density at radius 3 is 2.42 bits per heavy atom. The first kappa shape index (κ1) is 21.9. The third kappa shape index (κ3) is 5.29. The SMILES string of the molecule is CC(C)(C)OC(=O)N1CCC(CN2CC3CC2CN(c2ccc([N+](=O)[O-])cc2)C3)CC1. The number of amides is 1. The summed E-state index contributed by atoms with van der Waals surface area (Å²) < 4.78 is 5.51. The molecular formula is C23H34N4O4. The van der Waals surface area contributed by atoms with E-state index in [1.54, 1.807) is 12.1 Å². The molecule has 0 spiro atoms. The molecule has 1 aromatic rings. The number of hydrogen-bond acceptors (Lipinski definition) is 6. The summed E-state index contributed by atoms with van der Waals surface area (Å²) in [4.78, 5) is 29.7. The van der Waals surface area contributed by atoms with Crippen LogP contribution >= 0.6 is 0 Å². The van der Waals surface area contributed by atoms with Crippen LogP contribution in [0.1, 0.15) is 40.0 Å². The zero-order valence-corrected chi connectivity index (χ0v) is 18.8. The summed E-state index contributed by atoms with van der Waals surface area (Å²) >= 11 is 0. The van der Waals surface area contributed by atoms with E-state index < -0.39 is 5.60 Å². The van der Waals surface area contributed by atoms with E-state index in [0.29, 0.717) is 17.9 Å². The van der Waals surface area contributed by atoms with Gasteiger partial charge in [-0.2, -0.15) is 0 Å². The second kappa shape index (κ2) is 8.65. The molecule has 1 amide bonds. The molecule has 0 aliphatic carbocycles. The van der Waals surface area contributed by atoms with Crippen molar-refractivity contribution >= 4 is 17.5 Å². The number of nitro groups is 1. The van der Waals surface area contributed by atoms with Crippen LogP contribution < -0.4 is 4.90 Å². The standard InChI is InChI=1S/C23H34N4O4/c1-23(2,3)31-22(28)24-10-8-17(9-11-24)13-25-14-18-12-21(25)16-26(15-18)19-4-6-20(7-5-19)27(29)30/h4-7,17-18,21H,8-16H2,1-3H3. The molecule has 170 valence electrons. The number of carbonyl (C=O) groups is 1. The van der Waals surface area contributed by atoms with Crippen LogP contribution in [0.25, 0.3) is 0 Å². The topological polar surface area (TPSA) is 79.2 Å². The van der Waals surface area contributed by atoms with Gasteiger partial charge in [0.2, 0.25) is 0 Å². The Balaban J connectivity index is 1.28. The number of hydrogen-bond donors (Lipinski definition) is 0. The fraction of sp³-hybridized carbons (Fsp3) is 0.696. The molecule has 3 saturated heterocycles. The lowest BCUT2D eigenvalue weighted by atomic mass is 9.96. The highest BCUT2D eigenvalue weighted by atomic mass is 16.6. The molecule has 3 aliphatic heterocycles. The molecule has 2 unspecified atom stereocenters. The van der Waals surface area contributed by atoms with E-state index in [1.165, 1.54) is 6.42 Å². The maximum absolute atomic E-state index is 12.3. The predicted molar refractivity (Wildman–Crippen MR) is 119 cm³/mol. The van der Waals surface area contributed by atoms with Crippen LogP contribution in [0.4, 0.5) is 16.2 Å². The van der Waals surface area contributed by atoms with E-state index in [9.17, 15) is 14.9 Å². The monoisotopic (exact) mass is 430 g/mol. The molecule has 0 saturated carbocycles. The highest BCUT2D eigenvalue weighted by Crippen LogP contribution is 2.34. The molecule has 0 aromatic heterocycles. The minimum Gasteiger partial charge on any atom is -0.444 e. The first-order chi connectivity index (χ1) is 14.7. The minimum atomic E-state index is -0.448. The van der Waals surface area contributed by atoms with Gasteiger partial charge in [0.15, 0.2) is 0 Å². The van der Waals surface area contributed by atoms with Crippen molar-refractivity contribution in [1.82, 2.24) is 9.80 Å². The maximum Gasteiger partial charge on any atom is 0.410 e. The first-order valence-electron chi connectivity index (χ1n) is 11.4. The molecule has 3 aliphatic rings. The fourth-order valence-electron chi connectivity index (χ4n) is 5.23. The average molecular weight is 431 g/mol. The van der Waals surface area contributed by atoms with Crippen molar-refractivity contribution in [2.24, 2.45) is 11.8 Å². The number of nitro benzene ring substituents is 1. The van der Waals surface area contributed by atoms with Crippen LogP contribution in [0.15, 0.2) is 24.3 Å². The zero-order chi connectivity index (χ0) is 22.2. The van der Waals surface area contributed by atoms with E-state index >= 15 is 0 Å². The van der Waals surface area contributed by atoms with Crippen LogP contribution in [0, 0.1) is 22.0 Å². The lowest BCUT2D eigenvalue weighted by molar-refractivity contribution is -0.384. The van der Waals surface area contributed by atoms with Gasteiger partial charge < -0.3 is 14.5 Å². The van der Waals surface area contributed by atoms with Gasteiger partial charge in [-0.15, -0.1) is 0 Å². The fourth-order valence-corrected chi connectivity index (χ4v) is 5.23. The van der Waals surface area contributed by atoms with Gasteiger partial charge in [-0.25, -0.2) is 4.79 Å². The average Bonchev–Trinajstić information content (AvgIpc) is 2.99. The largest absolute Gasteiger partial charge is 0.444 e. The van der Waals surface area contributed by atoms with Crippen molar-refractivity contribution in [2.45, 2.75) is 51.7 Å². The molecule has 1 aromatic carbocycles. The number of ether oxygens (including phenoxy) is 1. The van der Waals surface area contributed by atoms with Crippen molar-refractivity contribution in [1.29, 1.82) is 0 Å². The van der Waals surface area contributed by atoms with Gasteiger partial charge >= 0.3 is 6.09 Å². The number of rotatable bonds is 4. The van der Waals surface area contributed by atoms with Crippen LogP contribution in [0.3, 0.4) is 0 Å². The number of likely N-dealkylation sites (tertiary alicyclic amines) is 2. The lowest BCUT2D eigenvalue weighted by Gasteiger charge is -2.37. The Labute approximate surface area is 184 Å². The number of benzene rings is 1. The van der Waals surface area contributed by atoms with E-state index in [4.69, 9.17) is 4.74 Å². The molecule has 3 fully saturated rings.